The average molecular weight is 177 g/mol. The van der Waals surface area contributed by atoms with Crippen LogP contribution in [0.3, 0.4) is 0 Å². The second-order valence-corrected chi connectivity index (χ2v) is 3.93. The van der Waals surface area contributed by atoms with Gasteiger partial charge in [0.1, 0.15) is 0 Å². The average Bonchev–Trinajstić information content (AvgIpc) is 1.88. The smallest absolute Gasteiger partial charge is 0.303 e. The minimum absolute atomic E-state index is 0.568. The first kappa shape index (κ1) is 11.1. The Kier molecular flexibility index (Phi) is 8.27. The SMILES string of the molecule is CCC1CCN1.CO[SiH2]OC. The molecule has 1 heterocycles. The van der Waals surface area contributed by atoms with E-state index in [4.69, 9.17) is 0 Å². The van der Waals surface area contributed by atoms with Crippen LogP contribution in [0.15, 0.2) is 0 Å². The molecular weight excluding hydrogens is 158 g/mol. The molecule has 4 heteroatoms. The van der Waals surface area contributed by atoms with E-state index in [1.165, 1.54) is 19.4 Å². The molecule has 3 nitrogen and oxygen atoms in total. The zero-order chi connectivity index (χ0) is 8.53. The Labute approximate surface area is 71.5 Å². The minimum atomic E-state index is -0.568. The van der Waals surface area contributed by atoms with Crippen LogP contribution in [-0.4, -0.2) is 36.8 Å². The molecule has 1 atom stereocenters. The highest BCUT2D eigenvalue weighted by Gasteiger charge is 2.11. The molecule has 1 unspecified atom stereocenters. The van der Waals surface area contributed by atoms with Crippen molar-refractivity contribution in [3.05, 3.63) is 0 Å². The molecule has 0 aromatic rings. The van der Waals surface area contributed by atoms with Gasteiger partial charge in [0.05, 0.1) is 0 Å². The standard InChI is InChI=1S/C5H11N.C2H8O2Si/c1-2-5-3-4-6-5;1-3-5-4-2/h5-6H,2-4H2,1H3;5H2,1-2H3. The topological polar surface area (TPSA) is 30.5 Å². The third-order valence-electron chi connectivity index (χ3n) is 1.65. The van der Waals surface area contributed by atoms with Gasteiger partial charge in [0.15, 0.2) is 0 Å². The van der Waals surface area contributed by atoms with Gasteiger partial charge in [-0.1, -0.05) is 6.92 Å². The summed E-state index contributed by atoms with van der Waals surface area (Å²) < 4.78 is 9.22. The molecule has 0 aromatic heterocycles. The molecule has 1 aliphatic rings. The Hall–Kier alpha value is 0.0969. The normalized spacial score (nSPS) is 21.5. The van der Waals surface area contributed by atoms with Gasteiger partial charge in [-0.3, -0.25) is 0 Å². The predicted octanol–water partition coefficient (Wildman–Crippen LogP) is 0.0363. The number of nitrogens with one attached hydrogen (secondary N) is 1. The largest absolute Gasteiger partial charge is 0.402 e. The molecule has 0 aromatic carbocycles. The molecule has 0 saturated carbocycles. The lowest BCUT2D eigenvalue weighted by Crippen LogP contribution is -2.41. The Bertz CT molecular complexity index is 74.1. The molecule has 1 rings (SSSR count). The van der Waals surface area contributed by atoms with E-state index in [-0.39, 0.29) is 0 Å². The van der Waals surface area contributed by atoms with Crippen molar-refractivity contribution in [2.75, 3.05) is 20.8 Å². The lowest BCUT2D eigenvalue weighted by atomic mass is 10.1. The summed E-state index contributed by atoms with van der Waals surface area (Å²) in [7, 11) is 2.73. The maximum atomic E-state index is 4.61. The van der Waals surface area contributed by atoms with E-state index in [1.54, 1.807) is 14.2 Å². The van der Waals surface area contributed by atoms with Crippen molar-refractivity contribution in [1.82, 2.24) is 5.32 Å². The van der Waals surface area contributed by atoms with Gasteiger partial charge in [-0.2, -0.15) is 0 Å². The van der Waals surface area contributed by atoms with E-state index >= 15 is 0 Å². The summed E-state index contributed by atoms with van der Waals surface area (Å²) in [5.41, 5.74) is 0. The molecule has 1 N–H and O–H groups in total. The summed E-state index contributed by atoms with van der Waals surface area (Å²) in [6.45, 7) is 3.47. The molecule has 0 bridgehead atoms. The number of rotatable bonds is 3. The summed E-state index contributed by atoms with van der Waals surface area (Å²) in [5, 5.41) is 3.30. The van der Waals surface area contributed by atoms with Gasteiger partial charge < -0.3 is 14.2 Å². The maximum absolute atomic E-state index is 4.61. The summed E-state index contributed by atoms with van der Waals surface area (Å²) >= 11 is 0. The van der Waals surface area contributed by atoms with E-state index in [0.717, 1.165) is 6.04 Å². The van der Waals surface area contributed by atoms with Crippen LogP contribution in [0.25, 0.3) is 0 Å². The third-order valence-corrected chi connectivity index (χ3v) is 2.13. The molecule has 1 aliphatic heterocycles. The highest BCUT2D eigenvalue weighted by molar-refractivity contribution is 6.17. The van der Waals surface area contributed by atoms with Gasteiger partial charge in [0.2, 0.25) is 0 Å². The summed E-state index contributed by atoms with van der Waals surface area (Å²) in [6, 6.07) is 0.866. The van der Waals surface area contributed by atoms with Crippen LogP contribution in [0.4, 0.5) is 0 Å². The van der Waals surface area contributed by atoms with Gasteiger partial charge in [-0.05, 0) is 19.4 Å². The van der Waals surface area contributed by atoms with E-state index < -0.39 is 10.0 Å². The highest BCUT2D eigenvalue weighted by Crippen LogP contribution is 2.03. The highest BCUT2D eigenvalue weighted by atomic mass is 28.3. The molecule has 0 amide bonds. The lowest BCUT2D eigenvalue weighted by molar-refractivity contribution is 0.309. The summed E-state index contributed by atoms with van der Waals surface area (Å²) in [5.74, 6) is 0. The van der Waals surface area contributed by atoms with E-state index in [0.29, 0.717) is 0 Å². The molecule has 11 heavy (non-hydrogen) atoms. The Balaban J connectivity index is 0.000000187. The summed E-state index contributed by atoms with van der Waals surface area (Å²) in [4.78, 5) is 0. The van der Waals surface area contributed by atoms with Crippen LogP contribution in [0.5, 0.6) is 0 Å². The molecule has 1 fully saturated rings. The number of hydrogen-bond donors (Lipinski definition) is 1. The summed E-state index contributed by atoms with van der Waals surface area (Å²) in [6.07, 6.45) is 2.70. The van der Waals surface area contributed by atoms with E-state index in [9.17, 15) is 0 Å². The first-order valence-corrected chi connectivity index (χ1v) is 5.21. The van der Waals surface area contributed by atoms with E-state index in [2.05, 4.69) is 21.1 Å². The van der Waals surface area contributed by atoms with Crippen LogP contribution in [0.1, 0.15) is 19.8 Å². The van der Waals surface area contributed by atoms with Crippen molar-refractivity contribution in [2.24, 2.45) is 0 Å². The number of hydrogen-bond acceptors (Lipinski definition) is 3. The quantitative estimate of drug-likeness (QED) is 0.617. The zero-order valence-electron chi connectivity index (χ0n) is 7.72. The van der Waals surface area contributed by atoms with Gasteiger partial charge in [0.25, 0.3) is 0 Å². The van der Waals surface area contributed by atoms with Crippen LogP contribution in [0.2, 0.25) is 0 Å². The van der Waals surface area contributed by atoms with E-state index in [1.807, 2.05) is 0 Å². The molecular formula is C7H19NO2Si. The Morgan fingerprint density at radius 1 is 1.45 bits per heavy atom. The van der Waals surface area contributed by atoms with Crippen molar-refractivity contribution in [1.29, 1.82) is 0 Å². The second-order valence-electron chi connectivity index (χ2n) is 2.54. The van der Waals surface area contributed by atoms with Crippen molar-refractivity contribution in [3.8, 4) is 0 Å². The monoisotopic (exact) mass is 177 g/mol. The van der Waals surface area contributed by atoms with Crippen molar-refractivity contribution < 1.29 is 8.85 Å². The first-order chi connectivity index (χ1) is 5.35. The van der Waals surface area contributed by atoms with Crippen LogP contribution < -0.4 is 5.32 Å². The first-order valence-electron chi connectivity index (χ1n) is 4.06. The minimum Gasteiger partial charge on any atom is -0.402 e. The van der Waals surface area contributed by atoms with Crippen LogP contribution >= 0.6 is 0 Å². The van der Waals surface area contributed by atoms with Gasteiger partial charge in [0, 0.05) is 20.3 Å². The van der Waals surface area contributed by atoms with Crippen LogP contribution in [0, 0.1) is 0 Å². The van der Waals surface area contributed by atoms with Crippen molar-refractivity contribution in [3.63, 3.8) is 0 Å². The van der Waals surface area contributed by atoms with Gasteiger partial charge in [-0.15, -0.1) is 0 Å². The molecule has 1 saturated heterocycles. The fourth-order valence-corrected chi connectivity index (χ4v) is 1.05. The third kappa shape index (κ3) is 6.49. The fraction of sp³-hybridized carbons (Fsp3) is 1.00. The van der Waals surface area contributed by atoms with Crippen molar-refractivity contribution >= 4 is 10.0 Å². The zero-order valence-corrected chi connectivity index (χ0v) is 9.14. The fourth-order valence-electron chi connectivity index (χ4n) is 0.815. The molecule has 0 spiro atoms. The second kappa shape index (κ2) is 8.20. The van der Waals surface area contributed by atoms with Crippen molar-refractivity contribution in [2.45, 2.75) is 25.8 Å². The Morgan fingerprint density at radius 2 is 2.00 bits per heavy atom. The molecule has 68 valence electrons. The molecule has 0 radical (unpaired) electrons. The molecule has 0 aliphatic carbocycles. The Morgan fingerprint density at radius 3 is 2.00 bits per heavy atom. The van der Waals surface area contributed by atoms with Gasteiger partial charge >= 0.3 is 10.0 Å². The van der Waals surface area contributed by atoms with Gasteiger partial charge in [-0.25, -0.2) is 0 Å². The predicted molar refractivity (Wildman–Crippen MR) is 49.3 cm³/mol. The lowest BCUT2D eigenvalue weighted by Gasteiger charge is -2.25. The van der Waals surface area contributed by atoms with Crippen LogP contribution in [-0.2, 0) is 8.85 Å². The maximum Gasteiger partial charge on any atom is 0.303 e.